The molecule has 7 heteroatoms. The summed E-state index contributed by atoms with van der Waals surface area (Å²) in [5.74, 6) is -0.306. The molecule has 102 valence electrons. The van der Waals surface area contributed by atoms with Gasteiger partial charge in [-0.2, -0.15) is 0 Å². The molecule has 1 fully saturated rings. The summed E-state index contributed by atoms with van der Waals surface area (Å²) < 4.78 is 5.31. The first-order chi connectivity index (χ1) is 8.53. The van der Waals surface area contributed by atoms with Gasteiger partial charge in [-0.05, 0) is 6.92 Å². The van der Waals surface area contributed by atoms with Gasteiger partial charge >= 0.3 is 0 Å². The number of rotatable bonds is 5. The molecule has 0 aromatic carbocycles. The molecule has 1 heterocycles. The first-order valence-electron chi connectivity index (χ1n) is 5.61. The molecule has 1 aliphatic rings. The van der Waals surface area contributed by atoms with Crippen molar-refractivity contribution in [3.63, 3.8) is 0 Å². The normalized spacial score (nSPS) is 28.0. The monoisotopic (exact) mass is 258 g/mol. The Morgan fingerprint density at radius 2 is 2.28 bits per heavy atom. The molecule has 7 nitrogen and oxygen atoms in total. The third-order valence-electron chi connectivity index (χ3n) is 2.77. The van der Waals surface area contributed by atoms with Crippen LogP contribution in [0.2, 0.25) is 0 Å². The van der Waals surface area contributed by atoms with Gasteiger partial charge in [0.1, 0.15) is 12.3 Å². The van der Waals surface area contributed by atoms with Gasteiger partial charge in [0.15, 0.2) is 0 Å². The third kappa shape index (κ3) is 3.28. The highest BCUT2D eigenvalue weighted by Crippen LogP contribution is 2.23. The average Bonchev–Trinajstić information content (AvgIpc) is 2.75. The highest BCUT2D eigenvalue weighted by atomic mass is 16.5. The molecule has 0 radical (unpaired) electrons. The zero-order valence-electron chi connectivity index (χ0n) is 10.4. The smallest absolute Gasteiger partial charge is 0.248 e. The van der Waals surface area contributed by atoms with Crippen LogP contribution in [-0.2, 0) is 14.3 Å². The van der Waals surface area contributed by atoms with Crippen LogP contribution < -0.4 is 5.32 Å². The highest BCUT2D eigenvalue weighted by molar-refractivity contribution is 5.92. The number of carbonyl (C=O) groups is 2. The van der Waals surface area contributed by atoms with Gasteiger partial charge in [-0.3, -0.25) is 14.5 Å². The van der Waals surface area contributed by atoms with Gasteiger partial charge in [-0.15, -0.1) is 0 Å². The van der Waals surface area contributed by atoms with Crippen molar-refractivity contribution in [2.75, 3.05) is 13.7 Å². The fraction of sp³-hybridized carbons (Fsp3) is 0.636. The zero-order chi connectivity index (χ0) is 13.7. The number of hydrogen-bond acceptors (Lipinski definition) is 5. The zero-order valence-corrected chi connectivity index (χ0v) is 10.4. The number of aliphatic hydroxyl groups is 2. The van der Waals surface area contributed by atoms with Crippen LogP contribution in [0.1, 0.15) is 13.3 Å². The predicted octanol–water partition coefficient (Wildman–Crippen LogP) is -1.44. The fourth-order valence-electron chi connectivity index (χ4n) is 1.72. The molecule has 0 spiro atoms. The van der Waals surface area contributed by atoms with E-state index in [0.29, 0.717) is 12.0 Å². The lowest BCUT2D eigenvalue weighted by Crippen LogP contribution is -2.32. The Hall–Kier alpha value is -1.44. The van der Waals surface area contributed by atoms with Crippen molar-refractivity contribution < 1.29 is 24.5 Å². The molecule has 18 heavy (non-hydrogen) atoms. The summed E-state index contributed by atoms with van der Waals surface area (Å²) in [5.41, 5.74) is 0.343. The SMILES string of the molecule is CNC(=O)/C(C)=C\N(C=O)C1C[C@@H](O)C(CO)O1. The van der Waals surface area contributed by atoms with Crippen molar-refractivity contribution in [2.24, 2.45) is 0 Å². The molecule has 3 atom stereocenters. The number of nitrogens with one attached hydrogen (secondary N) is 1. The number of aliphatic hydroxyl groups excluding tert-OH is 2. The lowest BCUT2D eigenvalue weighted by molar-refractivity contribution is -0.128. The summed E-state index contributed by atoms with van der Waals surface area (Å²) in [6.07, 6.45) is -0.134. The van der Waals surface area contributed by atoms with E-state index in [1.165, 1.54) is 18.1 Å². The van der Waals surface area contributed by atoms with E-state index >= 15 is 0 Å². The molecule has 0 aromatic rings. The van der Waals surface area contributed by atoms with Crippen LogP contribution >= 0.6 is 0 Å². The summed E-state index contributed by atoms with van der Waals surface area (Å²) in [7, 11) is 1.49. The highest BCUT2D eigenvalue weighted by Gasteiger charge is 2.36. The largest absolute Gasteiger partial charge is 0.394 e. The van der Waals surface area contributed by atoms with Crippen LogP contribution in [0, 0.1) is 0 Å². The Bertz CT molecular complexity index is 344. The van der Waals surface area contributed by atoms with Gasteiger partial charge in [-0.25, -0.2) is 0 Å². The summed E-state index contributed by atoms with van der Waals surface area (Å²) >= 11 is 0. The number of nitrogens with zero attached hydrogens (tertiary/aromatic N) is 1. The number of likely N-dealkylation sites (N-methyl/N-ethyl adjacent to an activating group) is 1. The Morgan fingerprint density at radius 3 is 2.72 bits per heavy atom. The van der Waals surface area contributed by atoms with Gasteiger partial charge in [-0.1, -0.05) is 0 Å². The fourth-order valence-corrected chi connectivity index (χ4v) is 1.72. The van der Waals surface area contributed by atoms with E-state index in [9.17, 15) is 14.7 Å². The van der Waals surface area contributed by atoms with E-state index in [-0.39, 0.29) is 18.9 Å². The van der Waals surface area contributed by atoms with Gasteiger partial charge in [0.05, 0.1) is 12.7 Å². The molecule has 1 saturated heterocycles. The quantitative estimate of drug-likeness (QED) is 0.414. The third-order valence-corrected chi connectivity index (χ3v) is 2.77. The van der Waals surface area contributed by atoms with Crippen LogP contribution in [0.3, 0.4) is 0 Å². The lowest BCUT2D eigenvalue weighted by atomic mass is 10.2. The van der Waals surface area contributed by atoms with Crippen molar-refractivity contribution >= 4 is 12.3 Å². The average molecular weight is 258 g/mol. The molecule has 0 bridgehead atoms. The lowest BCUT2D eigenvalue weighted by Gasteiger charge is -2.21. The number of hydrogen-bond donors (Lipinski definition) is 3. The summed E-state index contributed by atoms with van der Waals surface area (Å²) in [4.78, 5) is 23.4. The predicted molar refractivity (Wildman–Crippen MR) is 62.1 cm³/mol. The first-order valence-corrected chi connectivity index (χ1v) is 5.61. The number of ether oxygens (including phenoxy) is 1. The second-order valence-corrected chi connectivity index (χ2v) is 4.06. The Kier molecular flexibility index (Phi) is 5.26. The van der Waals surface area contributed by atoms with Crippen LogP contribution in [0.15, 0.2) is 11.8 Å². The minimum absolute atomic E-state index is 0.196. The van der Waals surface area contributed by atoms with E-state index in [1.807, 2.05) is 0 Å². The van der Waals surface area contributed by atoms with Crippen LogP contribution in [0.4, 0.5) is 0 Å². The molecule has 1 aliphatic heterocycles. The second-order valence-electron chi connectivity index (χ2n) is 4.06. The Morgan fingerprint density at radius 1 is 1.61 bits per heavy atom. The summed E-state index contributed by atoms with van der Waals surface area (Å²) in [6.45, 7) is 1.24. The Labute approximate surface area is 105 Å². The molecular weight excluding hydrogens is 240 g/mol. The molecule has 3 N–H and O–H groups in total. The first kappa shape index (κ1) is 14.6. The molecule has 2 amide bonds. The van der Waals surface area contributed by atoms with Crippen LogP contribution in [0.5, 0.6) is 0 Å². The molecule has 1 rings (SSSR count). The molecule has 0 saturated carbocycles. The standard InChI is InChI=1S/C11H18N2O5/c1-7(11(17)12-2)4-13(6-15)10-3-8(16)9(5-14)18-10/h4,6,8-10,14,16H,3,5H2,1-2H3,(H,12,17)/b7-4-/t8-,9?,10?/m1/s1. The van der Waals surface area contributed by atoms with Gasteiger partial charge in [0.25, 0.3) is 0 Å². The number of carbonyl (C=O) groups excluding carboxylic acids is 2. The minimum Gasteiger partial charge on any atom is -0.394 e. The topological polar surface area (TPSA) is 99.1 Å². The maximum Gasteiger partial charge on any atom is 0.248 e. The molecule has 2 unspecified atom stereocenters. The van der Waals surface area contributed by atoms with Crippen molar-refractivity contribution in [1.82, 2.24) is 10.2 Å². The van der Waals surface area contributed by atoms with E-state index in [1.54, 1.807) is 6.92 Å². The minimum atomic E-state index is -0.823. The van der Waals surface area contributed by atoms with E-state index in [4.69, 9.17) is 9.84 Å². The van der Waals surface area contributed by atoms with Gasteiger partial charge in [0, 0.05) is 25.2 Å². The summed E-state index contributed by atoms with van der Waals surface area (Å²) in [6, 6.07) is 0. The maximum absolute atomic E-state index is 11.3. The molecule has 0 aromatic heterocycles. The van der Waals surface area contributed by atoms with Crippen molar-refractivity contribution in [3.8, 4) is 0 Å². The van der Waals surface area contributed by atoms with Gasteiger partial charge < -0.3 is 20.3 Å². The molecular formula is C11H18N2O5. The molecule has 0 aliphatic carbocycles. The van der Waals surface area contributed by atoms with Crippen LogP contribution in [0.25, 0.3) is 0 Å². The van der Waals surface area contributed by atoms with Crippen molar-refractivity contribution in [2.45, 2.75) is 31.8 Å². The second kappa shape index (κ2) is 6.48. The Balaban J connectivity index is 2.74. The maximum atomic E-state index is 11.3. The summed E-state index contributed by atoms with van der Waals surface area (Å²) in [5, 5.41) is 20.9. The van der Waals surface area contributed by atoms with Crippen molar-refractivity contribution in [3.05, 3.63) is 11.8 Å². The van der Waals surface area contributed by atoms with Crippen molar-refractivity contribution in [1.29, 1.82) is 0 Å². The van der Waals surface area contributed by atoms with Crippen LogP contribution in [-0.4, -0.2) is 59.5 Å². The van der Waals surface area contributed by atoms with E-state index < -0.39 is 18.4 Å². The number of amides is 2. The van der Waals surface area contributed by atoms with Gasteiger partial charge in [0.2, 0.25) is 12.3 Å². The van der Waals surface area contributed by atoms with E-state index in [2.05, 4.69) is 5.32 Å². The van der Waals surface area contributed by atoms with E-state index in [0.717, 1.165) is 0 Å².